The molecule has 0 unspecified atom stereocenters. The van der Waals surface area contributed by atoms with Crippen molar-refractivity contribution in [2.75, 3.05) is 25.5 Å². The number of carbonyl (C=O) groups excluding carboxylic acids is 1. The maximum Gasteiger partial charge on any atom is 0.293 e. The molecule has 0 aliphatic heterocycles. The van der Waals surface area contributed by atoms with Crippen LogP contribution in [-0.2, 0) is 0 Å². The van der Waals surface area contributed by atoms with E-state index in [0.717, 1.165) is 12.8 Å². The van der Waals surface area contributed by atoms with Crippen molar-refractivity contribution in [2.45, 2.75) is 19.3 Å². The van der Waals surface area contributed by atoms with Crippen LogP contribution in [0.5, 0.6) is 0 Å². The second-order valence-corrected chi connectivity index (χ2v) is 5.40. The number of nitrogens with one attached hydrogen (secondary N) is 2. The van der Waals surface area contributed by atoms with Gasteiger partial charge in [-0.1, -0.05) is 0 Å². The molecule has 0 heterocycles. The van der Waals surface area contributed by atoms with E-state index in [1.54, 1.807) is 12.1 Å². The Morgan fingerprint density at radius 3 is 2.71 bits per heavy atom. The first-order valence-corrected chi connectivity index (χ1v) is 6.86. The summed E-state index contributed by atoms with van der Waals surface area (Å²) in [6.45, 7) is 0.715. The van der Waals surface area contributed by atoms with Gasteiger partial charge in [-0.05, 0) is 36.8 Å². The van der Waals surface area contributed by atoms with Crippen LogP contribution in [-0.4, -0.2) is 36.1 Å². The van der Waals surface area contributed by atoms with Crippen LogP contribution < -0.4 is 10.6 Å². The Bertz CT molecular complexity index is 555. The molecule has 0 spiro atoms. The molecule has 0 aromatic heterocycles. The standard InChI is InChI=1S/C14H19N3O4/c1-15-13(19)10-2-3-11(12(8-10)17(20)21)16-9-14(4-5-14)6-7-18/h2-3,8,16,18H,4-7,9H2,1H3,(H,15,19). The first-order chi connectivity index (χ1) is 10.0. The van der Waals surface area contributed by atoms with Crippen LogP contribution in [0.2, 0.25) is 0 Å². The number of rotatable bonds is 7. The fourth-order valence-electron chi connectivity index (χ4n) is 2.33. The number of nitro benzene ring substituents is 1. The fourth-order valence-corrected chi connectivity index (χ4v) is 2.33. The van der Waals surface area contributed by atoms with Crippen LogP contribution in [0.3, 0.4) is 0 Å². The molecule has 2 rings (SSSR count). The normalized spacial score (nSPS) is 15.3. The van der Waals surface area contributed by atoms with Crippen molar-refractivity contribution in [1.82, 2.24) is 5.32 Å². The van der Waals surface area contributed by atoms with Gasteiger partial charge in [0.2, 0.25) is 0 Å². The van der Waals surface area contributed by atoms with Gasteiger partial charge in [0.25, 0.3) is 11.6 Å². The van der Waals surface area contributed by atoms with Gasteiger partial charge in [-0.25, -0.2) is 0 Å². The van der Waals surface area contributed by atoms with E-state index < -0.39 is 4.92 Å². The lowest BCUT2D eigenvalue weighted by Gasteiger charge is -2.15. The second kappa shape index (κ2) is 6.09. The van der Waals surface area contributed by atoms with Crippen molar-refractivity contribution >= 4 is 17.3 Å². The molecule has 1 saturated carbocycles. The van der Waals surface area contributed by atoms with Gasteiger partial charge in [0.05, 0.1) is 4.92 Å². The van der Waals surface area contributed by atoms with Crippen LogP contribution in [0.15, 0.2) is 18.2 Å². The largest absolute Gasteiger partial charge is 0.396 e. The number of benzene rings is 1. The first-order valence-electron chi connectivity index (χ1n) is 6.86. The summed E-state index contributed by atoms with van der Waals surface area (Å²) in [7, 11) is 1.48. The molecule has 1 aliphatic rings. The summed E-state index contributed by atoms with van der Waals surface area (Å²) in [4.78, 5) is 22.2. The molecule has 3 N–H and O–H groups in total. The van der Waals surface area contributed by atoms with Crippen molar-refractivity contribution < 1.29 is 14.8 Å². The predicted molar refractivity (Wildman–Crippen MR) is 78.3 cm³/mol. The Balaban J connectivity index is 2.15. The van der Waals surface area contributed by atoms with Gasteiger partial charge in [0, 0.05) is 31.8 Å². The monoisotopic (exact) mass is 293 g/mol. The summed E-state index contributed by atoms with van der Waals surface area (Å²) < 4.78 is 0. The van der Waals surface area contributed by atoms with E-state index in [0.29, 0.717) is 18.7 Å². The third kappa shape index (κ3) is 3.49. The number of anilines is 1. The maximum absolute atomic E-state index is 11.5. The predicted octanol–water partition coefficient (Wildman–Crippen LogP) is 1.53. The summed E-state index contributed by atoms with van der Waals surface area (Å²) in [5.74, 6) is -0.358. The summed E-state index contributed by atoms with van der Waals surface area (Å²) in [5, 5.41) is 25.7. The Morgan fingerprint density at radius 2 is 2.19 bits per heavy atom. The molecule has 7 nitrogen and oxygen atoms in total. The molecule has 0 radical (unpaired) electrons. The molecule has 1 fully saturated rings. The van der Waals surface area contributed by atoms with E-state index >= 15 is 0 Å². The van der Waals surface area contributed by atoms with E-state index in [4.69, 9.17) is 5.11 Å². The van der Waals surface area contributed by atoms with Crippen LogP contribution in [0.4, 0.5) is 11.4 Å². The van der Waals surface area contributed by atoms with Crippen molar-refractivity contribution in [3.05, 3.63) is 33.9 Å². The van der Waals surface area contributed by atoms with Gasteiger partial charge in [0.15, 0.2) is 0 Å². The van der Waals surface area contributed by atoms with Crippen molar-refractivity contribution in [3.63, 3.8) is 0 Å². The number of aliphatic hydroxyl groups excluding tert-OH is 1. The number of aliphatic hydroxyl groups is 1. The summed E-state index contributed by atoms with van der Waals surface area (Å²) >= 11 is 0. The lowest BCUT2D eigenvalue weighted by Crippen LogP contribution is -2.19. The minimum Gasteiger partial charge on any atom is -0.396 e. The summed E-state index contributed by atoms with van der Waals surface area (Å²) in [6, 6.07) is 4.38. The summed E-state index contributed by atoms with van der Waals surface area (Å²) in [5.41, 5.74) is 0.598. The molecule has 0 bridgehead atoms. The minimum absolute atomic E-state index is 0.0576. The number of nitrogens with zero attached hydrogens (tertiary/aromatic N) is 1. The quantitative estimate of drug-likeness (QED) is 0.522. The molecule has 7 heteroatoms. The Morgan fingerprint density at radius 1 is 1.48 bits per heavy atom. The molecule has 1 aromatic rings. The van der Waals surface area contributed by atoms with E-state index in [1.165, 1.54) is 13.1 Å². The first kappa shape index (κ1) is 15.2. The van der Waals surface area contributed by atoms with Gasteiger partial charge < -0.3 is 15.7 Å². The highest BCUT2D eigenvalue weighted by Gasteiger charge is 2.41. The number of amides is 1. The van der Waals surface area contributed by atoms with E-state index in [9.17, 15) is 14.9 Å². The van der Waals surface area contributed by atoms with E-state index in [-0.39, 0.29) is 29.2 Å². The average Bonchev–Trinajstić information content (AvgIpc) is 3.24. The molecule has 0 atom stereocenters. The SMILES string of the molecule is CNC(=O)c1ccc(NCC2(CCO)CC2)c([N+](=O)[O-])c1. The smallest absolute Gasteiger partial charge is 0.293 e. The zero-order chi connectivity index (χ0) is 15.5. The van der Waals surface area contributed by atoms with Crippen molar-refractivity contribution in [3.8, 4) is 0 Å². The zero-order valence-corrected chi connectivity index (χ0v) is 11.9. The van der Waals surface area contributed by atoms with E-state index in [1.807, 2.05) is 0 Å². The number of carbonyl (C=O) groups is 1. The molecular weight excluding hydrogens is 274 g/mol. The highest BCUT2D eigenvalue weighted by atomic mass is 16.6. The Hall–Kier alpha value is -2.15. The van der Waals surface area contributed by atoms with Gasteiger partial charge in [-0.15, -0.1) is 0 Å². The van der Waals surface area contributed by atoms with Crippen LogP contribution >= 0.6 is 0 Å². The summed E-state index contributed by atoms with van der Waals surface area (Å²) in [6.07, 6.45) is 2.74. The maximum atomic E-state index is 11.5. The molecule has 1 amide bonds. The minimum atomic E-state index is -0.500. The van der Waals surface area contributed by atoms with Gasteiger partial charge in [-0.2, -0.15) is 0 Å². The van der Waals surface area contributed by atoms with Crippen LogP contribution in [0, 0.1) is 15.5 Å². The molecule has 1 aliphatic carbocycles. The molecule has 21 heavy (non-hydrogen) atoms. The number of hydrogen-bond acceptors (Lipinski definition) is 5. The topological polar surface area (TPSA) is 104 Å². The van der Waals surface area contributed by atoms with E-state index in [2.05, 4.69) is 10.6 Å². The lowest BCUT2D eigenvalue weighted by molar-refractivity contribution is -0.384. The highest BCUT2D eigenvalue weighted by molar-refractivity contribution is 5.95. The number of hydrogen-bond donors (Lipinski definition) is 3. The molecule has 1 aromatic carbocycles. The molecule has 114 valence electrons. The fraction of sp³-hybridized carbons (Fsp3) is 0.500. The highest BCUT2D eigenvalue weighted by Crippen LogP contribution is 2.48. The molecule has 0 saturated heterocycles. The van der Waals surface area contributed by atoms with Crippen LogP contribution in [0.25, 0.3) is 0 Å². The lowest BCUT2D eigenvalue weighted by atomic mass is 10.0. The third-order valence-corrected chi connectivity index (χ3v) is 3.94. The molecular formula is C14H19N3O4. The van der Waals surface area contributed by atoms with Gasteiger partial charge >= 0.3 is 0 Å². The Kier molecular flexibility index (Phi) is 4.42. The zero-order valence-electron chi connectivity index (χ0n) is 11.9. The van der Waals surface area contributed by atoms with Crippen LogP contribution in [0.1, 0.15) is 29.6 Å². The van der Waals surface area contributed by atoms with Crippen molar-refractivity contribution in [2.24, 2.45) is 5.41 Å². The third-order valence-electron chi connectivity index (χ3n) is 3.94. The Labute approximate surface area is 122 Å². The second-order valence-electron chi connectivity index (χ2n) is 5.40. The average molecular weight is 293 g/mol. The van der Waals surface area contributed by atoms with Gasteiger partial charge in [-0.3, -0.25) is 14.9 Å². The van der Waals surface area contributed by atoms with Gasteiger partial charge in [0.1, 0.15) is 5.69 Å². The van der Waals surface area contributed by atoms with Crippen molar-refractivity contribution in [1.29, 1.82) is 0 Å². The number of nitro groups is 1.